The number of carbonyl (C=O) groups excluding carboxylic acids is 1. The molecule has 5 aromatic rings. The number of halogens is 4. The Hall–Kier alpha value is -4.38. The van der Waals surface area contributed by atoms with Crippen LogP contribution in [0.15, 0.2) is 146 Å². The molecule has 0 aromatic heterocycles. The van der Waals surface area contributed by atoms with E-state index in [4.69, 9.17) is 32.7 Å². The molecule has 0 aliphatic rings. The molecule has 15 heteroatoms. The van der Waals surface area contributed by atoms with Crippen molar-refractivity contribution in [2.75, 3.05) is 26.4 Å². The van der Waals surface area contributed by atoms with E-state index in [9.17, 15) is 18.0 Å². The molecule has 268 valence electrons. The molecule has 0 spiro atoms. The highest BCUT2D eigenvalue weighted by molar-refractivity contribution is 7.99. The molecule has 8 nitrogen and oxygen atoms in total. The van der Waals surface area contributed by atoms with Gasteiger partial charge in [-0.3, -0.25) is 4.79 Å². The number of alkyl halides is 3. The van der Waals surface area contributed by atoms with Crippen LogP contribution >= 0.6 is 11.8 Å². The molecule has 0 saturated carbocycles. The topological polar surface area (TPSA) is 133 Å². The first-order valence-electron chi connectivity index (χ1n) is 14.9. The number of rotatable bonds is 13. The summed E-state index contributed by atoms with van der Waals surface area (Å²) in [5.74, 6) is 0.703. The van der Waals surface area contributed by atoms with E-state index in [1.54, 1.807) is 36.4 Å². The Morgan fingerprint density at radius 1 is 0.706 bits per heavy atom. The molecule has 0 amide bonds. The predicted molar refractivity (Wildman–Crippen MR) is 183 cm³/mol. The second kappa shape index (κ2) is 18.2. The van der Waals surface area contributed by atoms with Crippen LogP contribution in [0.5, 0.6) is 11.5 Å². The predicted octanol–water partition coefficient (Wildman–Crippen LogP) is 7.10. The van der Waals surface area contributed by atoms with E-state index in [0.29, 0.717) is 27.5 Å². The normalized spacial score (nSPS) is 11.5. The molecule has 0 radical (unpaired) electrons. The smallest absolute Gasteiger partial charge is 0.485 e. The van der Waals surface area contributed by atoms with Gasteiger partial charge in [-0.2, -0.15) is 13.2 Å². The van der Waals surface area contributed by atoms with Gasteiger partial charge in [-0.25, -0.2) is 12.8 Å². The third-order valence-corrected chi connectivity index (χ3v) is 10.5. The van der Waals surface area contributed by atoms with Crippen molar-refractivity contribution in [1.82, 2.24) is 0 Å². The fraction of sp³-hybridized carbons (Fsp3) is 0.139. The molecule has 0 fully saturated rings. The summed E-state index contributed by atoms with van der Waals surface area (Å²) in [6.45, 7) is 0.348. The molecule has 0 aliphatic carbocycles. The van der Waals surface area contributed by atoms with Crippen LogP contribution < -0.4 is 9.47 Å². The third kappa shape index (κ3) is 11.3. The van der Waals surface area contributed by atoms with Crippen molar-refractivity contribution in [2.24, 2.45) is 0 Å². The van der Waals surface area contributed by atoms with Gasteiger partial charge in [0, 0.05) is 20.9 Å². The number of aliphatic hydroxyl groups is 2. The van der Waals surface area contributed by atoms with E-state index in [0.717, 1.165) is 19.6 Å². The zero-order chi connectivity index (χ0) is 37.0. The largest absolute Gasteiger partial charge is 0.741 e. The minimum absolute atomic E-state index is 0.0545. The zero-order valence-electron chi connectivity index (χ0n) is 26.5. The van der Waals surface area contributed by atoms with Crippen LogP contribution in [0.2, 0.25) is 0 Å². The molecule has 5 aromatic carbocycles. The van der Waals surface area contributed by atoms with Crippen molar-refractivity contribution in [3.63, 3.8) is 0 Å². The molecular formula is C36H30F4O8S3. The first-order valence-corrected chi connectivity index (χ1v) is 18.4. The number of carbonyl (C=O) groups is 1. The number of benzene rings is 5. The molecule has 0 saturated heterocycles. The Bertz CT molecular complexity index is 1920. The summed E-state index contributed by atoms with van der Waals surface area (Å²) >= 11 is 1.30. The molecule has 0 bridgehead atoms. The second-order valence-corrected chi connectivity index (χ2v) is 14.7. The van der Waals surface area contributed by atoms with Crippen LogP contribution in [0, 0.1) is 5.82 Å². The van der Waals surface area contributed by atoms with Crippen LogP contribution in [-0.4, -0.2) is 60.9 Å². The van der Waals surface area contributed by atoms with Gasteiger partial charge >= 0.3 is 5.51 Å². The van der Waals surface area contributed by atoms with E-state index in [-0.39, 0.29) is 32.2 Å². The van der Waals surface area contributed by atoms with Crippen LogP contribution in [-0.2, 0) is 21.0 Å². The quantitative estimate of drug-likeness (QED) is 0.0424. The highest BCUT2D eigenvalue weighted by atomic mass is 32.2. The summed E-state index contributed by atoms with van der Waals surface area (Å²) < 4.78 is 85.1. The average molecular weight is 763 g/mol. The molecule has 51 heavy (non-hydrogen) atoms. The van der Waals surface area contributed by atoms with Crippen molar-refractivity contribution >= 4 is 38.6 Å². The Morgan fingerprint density at radius 3 is 1.57 bits per heavy atom. The summed E-state index contributed by atoms with van der Waals surface area (Å²) in [5.41, 5.74) is -4.81. The maximum Gasteiger partial charge on any atom is 0.485 e. The molecule has 0 unspecified atom stereocenters. The minimum atomic E-state index is -6.09. The van der Waals surface area contributed by atoms with Crippen LogP contribution in [0.25, 0.3) is 0 Å². The fourth-order valence-corrected chi connectivity index (χ4v) is 7.19. The number of ether oxygens (including phenoxy) is 2. The van der Waals surface area contributed by atoms with Crippen molar-refractivity contribution in [1.29, 1.82) is 0 Å². The van der Waals surface area contributed by atoms with Crippen molar-refractivity contribution in [3.05, 3.63) is 138 Å². The van der Waals surface area contributed by atoms with E-state index in [1.165, 1.54) is 17.8 Å². The summed E-state index contributed by atoms with van der Waals surface area (Å²) in [6.07, 6.45) is 0. The second-order valence-electron chi connectivity index (χ2n) is 10.2. The minimum Gasteiger partial charge on any atom is -0.741 e. The third-order valence-electron chi connectivity index (χ3n) is 6.64. The summed E-state index contributed by atoms with van der Waals surface area (Å²) in [6, 6.07) is 37.1. The van der Waals surface area contributed by atoms with Gasteiger partial charge in [0.15, 0.2) is 30.6 Å². The van der Waals surface area contributed by atoms with Crippen LogP contribution in [0.1, 0.15) is 15.9 Å². The Labute approximate surface area is 298 Å². The highest BCUT2D eigenvalue weighted by Crippen LogP contribution is 2.36. The molecule has 5 rings (SSSR count). The molecule has 2 N–H and O–H groups in total. The number of hydrogen-bond donors (Lipinski definition) is 2. The summed E-state index contributed by atoms with van der Waals surface area (Å²) in [7, 11) is -6.55. The standard InChI is InChI=1S/C35H30FO5S2.CHF3O3S/c36-33-24-26(35(39)25-4-2-1-3-5-25)6-19-34(33)42-29-11-17-32(18-12-29)43(30-13-7-27(8-14-30)40-22-20-37)31-15-9-28(10-16-31)41-23-21-38;2-1(3,4)8(5,6)7/h1-19,24,37-38H,20-23H2;(H,5,6,7)/q+1;/p-1. The van der Waals surface area contributed by atoms with Crippen LogP contribution in [0.3, 0.4) is 0 Å². The molecule has 0 heterocycles. The van der Waals surface area contributed by atoms with E-state index in [1.807, 2.05) is 78.9 Å². The van der Waals surface area contributed by atoms with Gasteiger partial charge in [-0.1, -0.05) is 42.1 Å². The molecular weight excluding hydrogens is 733 g/mol. The monoisotopic (exact) mass is 762 g/mol. The lowest BCUT2D eigenvalue weighted by Gasteiger charge is -2.11. The number of hydrogen-bond acceptors (Lipinski definition) is 9. The van der Waals surface area contributed by atoms with E-state index >= 15 is 4.39 Å². The zero-order valence-corrected chi connectivity index (χ0v) is 28.9. The highest BCUT2D eigenvalue weighted by Gasteiger charge is 2.37. The van der Waals surface area contributed by atoms with Gasteiger partial charge in [0.25, 0.3) is 0 Å². The maximum atomic E-state index is 15.1. The van der Waals surface area contributed by atoms with Gasteiger partial charge in [-0.05, 0) is 91.0 Å². The lowest BCUT2D eigenvalue weighted by molar-refractivity contribution is -0.0517. The van der Waals surface area contributed by atoms with Gasteiger partial charge in [0.05, 0.1) is 24.1 Å². The summed E-state index contributed by atoms with van der Waals surface area (Å²) in [4.78, 5) is 17.3. The number of ketones is 1. The van der Waals surface area contributed by atoms with Gasteiger partial charge in [-0.15, -0.1) is 0 Å². The van der Waals surface area contributed by atoms with Crippen LogP contribution in [0.4, 0.5) is 17.6 Å². The SMILES string of the molecule is O=C(c1ccccc1)c1ccc(Sc2ccc([S+](c3ccc(OCCO)cc3)c3ccc(OCCO)cc3)cc2)c(F)c1.O=S(=O)([O-])C(F)(F)F. The maximum absolute atomic E-state index is 15.1. The molecule has 0 atom stereocenters. The summed E-state index contributed by atoms with van der Waals surface area (Å²) in [5, 5.41) is 18.1. The lowest BCUT2D eigenvalue weighted by Crippen LogP contribution is -2.21. The Balaban J connectivity index is 0.000000652. The number of aliphatic hydroxyl groups excluding tert-OH is 2. The Morgan fingerprint density at radius 2 is 1.16 bits per heavy atom. The van der Waals surface area contributed by atoms with Crippen molar-refractivity contribution < 1.29 is 55.0 Å². The first-order chi connectivity index (χ1) is 24.3. The van der Waals surface area contributed by atoms with E-state index < -0.39 is 32.3 Å². The first kappa shape index (κ1) is 39.4. The van der Waals surface area contributed by atoms with Gasteiger partial charge in [0.1, 0.15) is 30.5 Å². The fourth-order valence-electron chi connectivity index (χ4n) is 4.33. The van der Waals surface area contributed by atoms with Gasteiger partial charge in [0.2, 0.25) is 0 Å². The van der Waals surface area contributed by atoms with Crippen molar-refractivity contribution in [3.8, 4) is 11.5 Å². The lowest BCUT2D eigenvalue weighted by atomic mass is 10.0. The van der Waals surface area contributed by atoms with E-state index in [2.05, 4.69) is 0 Å². The van der Waals surface area contributed by atoms with Crippen molar-refractivity contribution in [2.45, 2.75) is 30.0 Å². The van der Waals surface area contributed by atoms with Gasteiger partial charge < -0.3 is 24.2 Å². The average Bonchev–Trinajstić information content (AvgIpc) is 3.12. The Kier molecular flexibility index (Phi) is 14.1. The molecule has 0 aliphatic heterocycles.